The quantitative estimate of drug-likeness (QED) is 0.686. The van der Waals surface area contributed by atoms with Gasteiger partial charge in [0.05, 0.1) is 18.5 Å². The molecule has 0 unspecified atom stereocenters. The fourth-order valence-corrected chi connectivity index (χ4v) is 3.93. The zero-order valence-corrected chi connectivity index (χ0v) is 16.0. The first kappa shape index (κ1) is 18.0. The van der Waals surface area contributed by atoms with Crippen molar-refractivity contribution in [3.05, 3.63) is 70.7 Å². The molecule has 2 N–H and O–H groups in total. The number of thiazole rings is 1. The summed E-state index contributed by atoms with van der Waals surface area (Å²) in [5.41, 5.74) is 2.09. The number of urea groups is 1. The minimum absolute atomic E-state index is 0.114. The van der Waals surface area contributed by atoms with E-state index in [1.807, 2.05) is 30.3 Å². The molecule has 0 bridgehead atoms. The van der Waals surface area contributed by atoms with Gasteiger partial charge in [-0.3, -0.25) is 10.1 Å². The Kier molecular flexibility index (Phi) is 4.94. The van der Waals surface area contributed by atoms with Gasteiger partial charge in [0.1, 0.15) is 11.4 Å². The van der Waals surface area contributed by atoms with Crippen molar-refractivity contribution in [2.75, 3.05) is 17.7 Å². The third-order valence-electron chi connectivity index (χ3n) is 4.29. The summed E-state index contributed by atoms with van der Waals surface area (Å²) in [5, 5.41) is 5.81. The summed E-state index contributed by atoms with van der Waals surface area (Å²) < 4.78 is 5.14. The van der Waals surface area contributed by atoms with E-state index < -0.39 is 6.03 Å². The van der Waals surface area contributed by atoms with Crippen molar-refractivity contribution in [3.63, 3.8) is 0 Å². The number of methoxy groups -OCH3 is 1. The van der Waals surface area contributed by atoms with Gasteiger partial charge in [0, 0.05) is 18.3 Å². The first-order chi connectivity index (χ1) is 13.6. The minimum atomic E-state index is -0.422. The third-order valence-corrected chi connectivity index (χ3v) is 5.24. The monoisotopic (exact) mass is 394 g/mol. The molecule has 28 heavy (non-hydrogen) atoms. The van der Waals surface area contributed by atoms with Gasteiger partial charge in [0.2, 0.25) is 0 Å². The lowest BCUT2D eigenvalue weighted by Crippen LogP contribution is -2.24. The second kappa shape index (κ2) is 7.69. The molecule has 2 aromatic carbocycles. The van der Waals surface area contributed by atoms with Gasteiger partial charge in [0.15, 0.2) is 5.13 Å². The highest BCUT2D eigenvalue weighted by Gasteiger charge is 2.32. The van der Waals surface area contributed by atoms with Gasteiger partial charge >= 0.3 is 6.03 Å². The summed E-state index contributed by atoms with van der Waals surface area (Å²) in [7, 11) is 1.56. The number of ether oxygens (including phenoxy) is 1. The fraction of sp³-hybridized carbons (Fsp3) is 0.150. The molecule has 0 aliphatic carbocycles. The van der Waals surface area contributed by atoms with Gasteiger partial charge in [-0.05, 0) is 17.7 Å². The van der Waals surface area contributed by atoms with Crippen molar-refractivity contribution >= 4 is 34.1 Å². The van der Waals surface area contributed by atoms with Crippen LogP contribution in [-0.4, -0.2) is 28.9 Å². The number of fused-ring (bicyclic) bond motifs is 1. The van der Waals surface area contributed by atoms with E-state index in [0.717, 1.165) is 10.4 Å². The lowest BCUT2D eigenvalue weighted by atomic mass is 10.2. The van der Waals surface area contributed by atoms with Crippen molar-refractivity contribution in [1.82, 2.24) is 9.88 Å². The molecule has 7 nitrogen and oxygen atoms in total. The molecule has 1 aliphatic rings. The summed E-state index contributed by atoms with van der Waals surface area (Å²) in [4.78, 5) is 31.7. The number of benzene rings is 2. The minimum Gasteiger partial charge on any atom is -0.497 e. The molecule has 0 radical (unpaired) electrons. The Morgan fingerprint density at radius 2 is 2.00 bits per heavy atom. The van der Waals surface area contributed by atoms with E-state index >= 15 is 0 Å². The lowest BCUT2D eigenvalue weighted by molar-refractivity contribution is 0.0762. The predicted octanol–water partition coefficient (Wildman–Crippen LogP) is 3.95. The van der Waals surface area contributed by atoms with E-state index in [0.29, 0.717) is 35.4 Å². The maximum Gasteiger partial charge on any atom is 0.325 e. The van der Waals surface area contributed by atoms with Crippen molar-refractivity contribution in [3.8, 4) is 5.75 Å². The highest BCUT2D eigenvalue weighted by Crippen LogP contribution is 2.32. The van der Waals surface area contributed by atoms with Crippen LogP contribution in [0.15, 0.2) is 54.6 Å². The van der Waals surface area contributed by atoms with Gasteiger partial charge in [-0.1, -0.05) is 47.7 Å². The van der Waals surface area contributed by atoms with Crippen molar-refractivity contribution in [1.29, 1.82) is 0 Å². The Bertz CT molecular complexity index is 1020. The molecule has 4 rings (SSSR count). The molecule has 2 heterocycles. The summed E-state index contributed by atoms with van der Waals surface area (Å²) in [6.45, 7) is 1.04. The summed E-state index contributed by atoms with van der Waals surface area (Å²) in [5.74, 6) is 0.534. The molecule has 0 fully saturated rings. The number of nitrogens with zero attached hydrogens (tertiary/aromatic N) is 2. The average molecular weight is 394 g/mol. The van der Waals surface area contributed by atoms with Gasteiger partial charge in [-0.2, -0.15) is 0 Å². The fourth-order valence-electron chi connectivity index (χ4n) is 2.97. The van der Waals surface area contributed by atoms with E-state index in [9.17, 15) is 9.59 Å². The van der Waals surface area contributed by atoms with Crippen LogP contribution < -0.4 is 15.4 Å². The summed E-state index contributed by atoms with van der Waals surface area (Å²) >= 11 is 1.32. The summed E-state index contributed by atoms with van der Waals surface area (Å²) in [6, 6.07) is 16.5. The van der Waals surface area contributed by atoms with Crippen LogP contribution in [0.1, 0.15) is 20.9 Å². The van der Waals surface area contributed by atoms with Crippen LogP contribution in [0.4, 0.5) is 15.6 Å². The Morgan fingerprint density at radius 3 is 2.75 bits per heavy atom. The smallest absolute Gasteiger partial charge is 0.325 e. The molecule has 3 amide bonds. The Morgan fingerprint density at radius 1 is 1.18 bits per heavy atom. The number of carbonyl (C=O) groups excluding carboxylic acids is 2. The van der Waals surface area contributed by atoms with E-state index in [1.54, 1.807) is 36.3 Å². The van der Waals surface area contributed by atoms with Crippen LogP contribution in [0.3, 0.4) is 0 Å². The van der Waals surface area contributed by atoms with Crippen LogP contribution in [0.25, 0.3) is 0 Å². The highest BCUT2D eigenvalue weighted by molar-refractivity contribution is 7.16. The SMILES string of the molecule is COc1cccc(NC(=O)Nc2nc3c(s2)CN(Cc2ccccc2)C3=O)c1. The second-order valence-electron chi connectivity index (χ2n) is 6.25. The van der Waals surface area contributed by atoms with E-state index in [2.05, 4.69) is 15.6 Å². The van der Waals surface area contributed by atoms with E-state index in [4.69, 9.17) is 4.74 Å². The van der Waals surface area contributed by atoms with Crippen LogP contribution in [-0.2, 0) is 13.1 Å². The van der Waals surface area contributed by atoms with E-state index in [-0.39, 0.29) is 5.91 Å². The van der Waals surface area contributed by atoms with Gasteiger partial charge in [-0.25, -0.2) is 9.78 Å². The van der Waals surface area contributed by atoms with E-state index in [1.165, 1.54) is 11.3 Å². The number of amides is 3. The first-order valence-electron chi connectivity index (χ1n) is 8.67. The number of carbonyl (C=O) groups is 2. The third kappa shape index (κ3) is 3.81. The van der Waals surface area contributed by atoms with Gasteiger partial charge in [0.25, 0.3) is 5.91 Å². The zero-order chi connectivity index (χ0) is 19.5. The maximum absolute atomic E-state index is 12.6. The molecule has 0 saturated heterocycles. The largest absolute Gasteiger partial charge is 0.497 e. The zero-order valence-electron chi connectivity index (χ0n) is 15.1. The molecule has 8 heteroatoms. The number of aromatic nitrogens is 1. The standard InChI is InChI=1S/C20H18N4O3S/c1-27-15-9-5-8-14(10-15)21-19(26)23-20-22-17-16(28-20)12-24(18(17)25)11-13-6-3-2-4-7-13/h2-10H,11-12H2,1H3,(H2,21,22,23,26). The highest BCUT2D eigenvalue weighted by atomic mass is 32.1. The van der Waals surface area contributed by atoms with Crippen LogP contribution >= 0.6 is 11.3 Å². The molecule has 3 aromatic rings. The molecular weight excluding hydrogens is 376 g/mol. The number of nitrogens with one attached hydrogen (secondary N) is 2. The van der Waals surface area contributed by atoms with Crippen LogP contribution in [0, 0.1) is 0 Å². The van der Waals surface area contributed by atoms with Crippen LogP contribution in [0.5, 0.6) is 5.75 Å². The van der Waals surface area contributed by atoms with Crippen molar-refractivity contribution in [2.45, 2.75) is 13.1 Å². The Hall–Kier alpha value is -3.39. The Balaban J connectivity index is 1.39. The Labute approximate surface area is 166 Å². The number of anilines is 2. The predicted molar refractivity (Wildman–Crippen MR) is 108 cm³/mol. The van der Waals surface area contributed by atoms with Crippen molar-refractivity contribution < 1.29 is 14.3 Å². The molecule has 1 aromatic heterocycles. The van der Waals surface area contributed by atoms with Gasteiger partial charge < -0.3 is 15.0 Å². The second-order valence-corrected chi connectivity index (χ2v) is 7.33. The number of hydrogen-bond donors (Lipinski definition) is 2. The maximum atomic E-state index is 12.6. The number of hydrogen-bond acceptors (Lipinski definition) is 5. The molecular formula is C20H18N4O3S. The topological polar surface area (TPSA) is 83.6 Å². The first-order valence-corrected chi connectivity index (χ1v) is 9.49. The normalized spacial score (nSPS) is 12.6. The van der Waals surface area contributed by atoms with Crippen molar-refractivity contribution in [2.24, 2.45) is 0 Å². The van der Waals surface area contributed by atoms with Gasteiger partial charge in [-0.15, -0.1) is 0 Å². The average Bonchev–Trinajstić information content (AvgIpc) is 3.21. The lowest BCUT2D eigenvalue weighted by Gasteiger charge is -2.15. The van der Waals surface area contributed by atoms with Crippen LogP contribution in [0.2, 0.25) is 0 Å². The molecule has 142 valence electrons. The molecule has 1 aliphatic heterocycles. The molecule has 0 saturated carbocycles. The summed E-state index contributed by atoms with van der Waals surface area (Å²) in [6.07, 6.45) is 0. The number of rotatable bonds is 5. The molecule has 0 spiro atoms. The molecule has 0 atom stereocenters.